The summed E-state index contributed by atoms with van der Waals surface area (Å²) in [5.74, 6) is -0.132. The van der Waals surface area contributed by atoms with Crippen molar-refractivity contribution in [3.05, 3.63) is 12.2 Å². The maximum absolute atomic E-state index is 10.9. The molecule has 10 heavy (non-hydrogen) atoms. The molecule has 3 atom stereocenters. The molecule has 0 saturated carbocycles. The average Bonchev–Trinajstić information content (AvgIpc) is 1.66. The van der Waals surface area contributed by atoms with Gasteiger partial charge in [-0.2, -0.15) is 0 Å². The lowest BCUT2D eigenvalue weighted by Crippen LogP contribution is -2.42. The van der Waals surface area contributed by atoms with Gasteiger partial charge >= 0.3 is 0 Å². The van der Waals surface area contributed by atoms with Gasteiger partial charge in [0.2, 0.25) is 5.91 Å². The fourth-order valence-electron chi connectivity index (χ4n) is 1.54. The highest BCUT2D eigenvalue weighted by Gasteiger charge is 2.50. The molecule has 0 bridgehead atoms. The molecule has 1 amide bonds. The molecule has 1 aliphatic carbocycles. The molecule has 2 rings (SSSR count). The van der Waals surface area contributed by atoms with Gasteiger partial charge in [0, 0.05) is 5.92 Å². The predicted octanol–water partition coefficient (Wildman–Crippen LogP) is -0.373. The van der Waals surface area contributed by atoms with Crippen molar-refractivity contribution in [2.45, 2.75) is 12.6 Å². The number of carbonyl (C=O) groups excluding carboxylic acids is 1. The van der Waals surface area contributed by atoms with Crippen LogP contribution in [0.5, 0.6) is 0 Å². The number of aliphatic hydroxyl groups is 1. The van der Waals surface area contributed by atoms with E-state index in [0.717, 1.165) is 0 Å². The summed E-state index contributed by atoms with van der Waals surface area (Å²) in [6, 6.07) is 0. The van der Waals surface area contributed by atoms with Crippen molar-refractivity contribution < 1.29 is 9.90 Å². The third-order valence-electron chi connectivity index (χ3n) is 2.24. The Morgan fingerprint density at radius 3 is 2.60 bits per heavy atom. The van der Waals surface area contributed by atoms with E-state index in [1.165, 1.54) is 0 Å². The van der Waals surface area contributed by atoms with E-state index in [1.54, 1.807) is 6.92 Å². The highest BCUT2D eigenvalue weighted by molar-refractivity contribution is 5.86. The number of nitrogens with one attached hydrogen (secondary N) is 1. The quantitative estimate of drug-likeness (QED) is 0.450. The molecule has 1 saturated heterocycles. The maximum atomic E-state index is 10.9. The van der Waals surface area contributed by atoms with Crippen LogP contribution in [0.15, 0.2) is 12.2 Å². The summed E-state index contributed by atoms with van der Waals surface area (Å²) in [6.45, 7) is 1.62. The molecule has 54 valence electrons. The molecule has 0 aromatic rings. The number of amides is 1. The van der Waals surface area contributed by atoms with E-state index < -0.39 is 5.72 Å². The Bertz CT molecular complexity index is 220. The molecule has 1 heterocycles. The highest BCUT2D eigenvalue weighted by atomic mass is 16.3. The minimum Gasteiger partial charge on any atom is -0.371 e. The smallest absolute Gasteiger partial charge is 0.229 e. The van der Waals surface area contributed by atoms with Crippen molar-refractivity contribution in [3.63, 3.8) is 0 Å². The molecule has 1 aliphatic heterocycles. The summed E-state index contributed by atoms with van der Waals surface area (Å²) in [6.07, 6.45) is 3.68. The van der Waals surface area contributed by atoms with Crippen LogP contribution in [0.2, 0.25) is 0 Å². The Hall–Kier alpha value is -0.830. The van der Waals surface area contributed by atoms with Gasteiger partial charge < -0.3 is 10.4 Å². The molecule has 0 radical (unpaired) electrons. The Balaban J connectivity index is 2.34. The molecule has 2 N–H and O–H groups in total. The minimum atomic E-state index is -1.00. The average molecular weight is 139 g/mol. The number of carbonyl (C=O) groups is 1. The molecular formula is C7H9NO2. The van der Waals surface area contributed by atoms with E-state index in [4.69, 9.17) is 0 Å². The second kappa shape index (κ2) is 1.42. The van der Waals surface area contributed by atoms with Crippen LogP contribution in [0, 0.1) is 11.8 Å². The van der Waals surface area contributed by atoms with Crippen molar-refractivity contribution in [2.24, 2.45) is 11.8 Å². The van der Waals surface area contributed by atoms with Crippen LogP contribution in [-0.4, -0.2) is 16.7 Å². The summed E-state index contributed by atoms with van der Waals surface area (Å²) < 4.78 is 0. The van der Waals surface area contributed by atoms with Gasteiger partial charge in [-0.15, -0.1) is 0 Å². The standard InChI is InChI=1S/C7H9NO2/c1-7(10)5-3-2-4(5)6(9)8-7/h2-5,10H,1H3,(H,8,9)/t4-,5+,7?/m0/s1. The Labute approximate surface area is 58.7 Å². The van der Waals surface area contributed by atoms with Gasteiger partial charge in [0.05, 0.1) is 5.92 Å². The lowest BCUT2D eigenvalue weighted by atomic mass is 9.80. The molecule has 2 aliphatic rings. The zero-order chi connectivity index (χ0) is 7.35. The van der Waals surface area contributed by atoms with Gasteiger partial charge in [-0.05, 0) is 6.92 Å². The topological polar surface area (TPSA) is 49.3 Å². The van der Waals surface area contributed by atoms with Gasteiger partial charge in [-0.3, -0.25) is 4.79 Å². The van der Waals surface area contributed by atoms with E-state index in [2.05, 4.69) is 5.32 Å². The molecule has 3 nitrogen and oxygen atoms in total. The van der Waals surface area contributed by atoms with Crippen LogP contribution in [-0.2, 0) is 4.79 Å². The second-order valence-corrected chi connectivity index (χ2v) is 3.07. The fourth-order valence-corrected chi connectivity index (χ4v) is 1.54. The summed E-state index contributed by atoms with van der Waals surface area (Å²) in [5, 5.41) is 12.0. The first-order valence-corrected chi connectivity index (χ1v) is 3.34. The van der Waals surface area contributed by atoms with Crippen molar-refractivity contribution in [2.75, 3.05) is 0 Å². The molecule has 1 unspecified atom stereocenters. The number of rotatable bonds is 0. The zero-order valence-electron chi connectivity index (χ0n) is 5.66. The van der Waals surface area contributed by atoms with E-state index in [-0.39, 0.29) is 17.7 Å². The Kier molecular flexibility index (Phi) is 0.843. The van der Waals surface area contributed by atoms with Crippen LogP contribution in [0.4, 0.5) is 0 Å². The molecule has 3 heteroatoms. The first-order chi connectivity index (χ1) is 4.61. The Morgan fingerprint density at radius 1 is 1.70 bits per heavy atom. The van der Waals surface area contributed by atoms with Crippen LogP contribution in [0.1, 0.15) is 6.92 Å². The van der Waals surface area contributed by atoms with Gasteiger partial charge in [-0.25, -0.2) is 0 Å². The van der Waals surface area contributed by atoms with Gasteiger partial charge in [0.15, 0.2) is 0 Å². The maximum Gasteiger partial charge on any atom is 0.229 e. The van der Waals surface area contributed by atoms with E-state index >= 15 is 0 Å². The first-order valence-electron chi connectivity index (χ1n) is 3.34. The second-order valence-electron chi connectivity index (χ2n) is 3.07. The van der Waals surface area contributed by atoms with Gasteiger partial charge in [-0.1, -0.05) is 12.2 Å². The molecule has 0 aromatic heterocycles. The lowest BCUT2D eigenvalue weighted by Gasteiger charge is -2.28. The highest BCUT2D eigenvalue weighted by Crippen LogP contribution is 2.38. The number of hydrogen-bond donors (Lipinski definition) is 2. The number of hydrogen-bond acceptors (Lipinski definition) is 2. The Morgan fingerprint density at radius 2 is 2.40 bits per heavy atom. The van der Waals surface area contributed by atoms with Crippen molar-refractivity contribution in [3.8, 4) is 0 Å². The molecule has 0 spiro atoms. The first kappa shape index (κ1) is 5.92. The molecule has 1 fully saturated rings. The third kappa shape index (κ3) is 0.508. The van der Waals surface area contributed by atoms with Crippen LogP contribution < -0.4 is 5.32 Å². The van der Waals surface area contributed by atoms with Crippen LogP contribution in [0.3, 0.4) is 0 Å². The number of fused-ring (bicyclic) bond motifs is 1. The normalized spacial score (nSPS) is 50.0. The summed E-state index contributed by atoms with van der Waals surface area (Å²) >= 11 is 0. The van der Waals surface area contributed by atoms with Crippen LogP contribution in [0.25, 0.3) is 0 Å². The van der Waals surface area contributed by atoms with E-state index in [1.807, 2.05) is 12.2 Å². The van der Waals surface area contributed by atoms with E-state index in [0.29, 0.717) is 0 Å². The van der Waals surface area contributed by atoms with Crippen LogP contribution >= 0.6 is 0 Å². The largest absolute Gasteiger partial charge is 0.371 e. The van der Waals surface area contributed by atoms with Crippen molar-refractivity contribution in [1.82, 2.24) is 5.32 Å². The molecular weight excluding hydrogens is 130 g/mol. The SMILES string of the molecule is CC1(O)NC(=O)[C@H]2C=C[C@H]21. The van der Waals surface area contributed by atoms with E-state index in [9.17, 15) is 9.90 Å². The van der Waals surface area contributed by atoms with Crippen molar-refractivity contribution >= 4 is 5.91 Å². The van der Waals surface area contributed by atoms with Crippen molar-refractivity contribution in [1.29, 1.82) is 0 Å². The summed E-state index contributed by atoms with van der Waals surface area (Å²) in [7, 11) is 0. The summed E-state index contributed by atoms with van der Waals surface area (Å²) in [4.78, 5) is 10.9. The van der Waals surface area contributed by atoms with Gasteiger partial charge in [0.1, 0.15) is 5.72 Å². The monoisotopic (exact) mass is 139 g/mol. The van der Waals surface area contributed by atoms with Gasteiger partial charge in [0.25, 0.3) is 0 Å². The molecule has 0 aromatic carbocycles. The zero-order valence-corrected chi connectivity index (χ0v) is 5.66. The summed E-state index contributed by atoms with van der Waals surface area (Å²) in [5.41, 5.74) is -1.00. The minimum absolute atomic E-state index is 0.000000000000000444. The lowest BCUT2D eigenvalue weighted by molar-refractivity contribution is -0.123. The third-order valence-corrected chi connectivity index (χ3v) is 2.24. The predicted molar refractivity (Wildman–Crippen MR) is 34.9 cm³/mol. The fraction of sp³-hybridized carbons (Fsp3) is 0.571.